The number of hydrogen-bond acceptors (Lipinski definition) is 1. The Labute approximate surface area is 125 Å². The van der Waals surface area contributed by atoms with Gasteiger partial charge >= 0.3 is 0 Å². The number of halogens is 2. The molecule has 0 aliphatic heterocycles. The fourth-order valence-corrected chi connectivity index (χ4v) is 3.29. The number of amides is 1. The first kappa shape index (κ1) is 13.6. The minimum absolute atomic E-state index is 0.123. The summed E-state index contributed by atoms with van der Waals surface area (Å²) in [6, 6.07) is 3.54. The maximum absolute atomic E-state index is 13.9. The summed E-state index contributed by atoms with van der Waals surface area (Å²) in [5, 5.41) is 3.69. The highest BCUT2D eigenvalue weighted by Gasteiger charge is 2.20. The van der Waals surface area contributed by atoms with Crippen molar-refractivity contribution in [2.24, 2.45) is 0 Å². The molecule has 2 aromatic rings. The number of carbonyl (C=O) groups excluding carboxylic acids is 1. The molecule has 0 bridgehead atoms. The van der Waals surface area contributed by atoms with Crippen molar-refractivity contribution in [3.8, 4) is 0 Å². The third-order valence-corrected chi connectivity index (χ3v) is 4.50. The van der Waals surface area contributed by atoms with Crippen molar-refractivity contribution in [3.63, 3.8) is 0 Å². The van der Waals surface area contributed by atoms with Crippen molar-refractivity contribution in [2.45, 2.75) is 38.1 Å². The highest BCUT2D eigenvalue weighted by molar-refractivity contribution is 9.10. The van der Waals surface area contributed by atoms with Crippen LogP contribution in [-0.4, -0.2) is 16.9 Å². The average Bonchev–Trinajstić information content (AvgIpc) is 2.93. The number of benzene rings is 1. The molecular formula is C15H16BrFN2O. The Balaban J connectivity index is 1.91. The summed E-state index contributed by atoms with van der Waals surface area (Å²) in [4.78, 5) is 15.3. The lowest BCUT2D eigenvalue weighted by Crippen LogP contribution is -2.36. The van der Waals surface area contributed by atoms with E-state index < -0.39 is 0 Å². The van der Waals surface area contributed by atoms with Gasteiger partial charge in [0.05, 0.1) is 15.6 Å². The molecule has 0 radical (unpaired) electrons. The van der Waals surface area contributed by atoms with Crippen LogP contribution in [0.25, 0.3) is 10.9 Å². The first-order valence-corrected chi connectivity index (χ1v) is 7.72. The van der Waals surface area contributed by atoms with Gasteiger partial charge in [-0.2, -0.15) is 0 Å². The number of aromatic nitrogens is 1. The van der Waals surface area contributed by atoms with Gasteiger partial charge in [0.15, 0.2) is 5.82 Å². The molecule has 1 aromatic carbocycles. The van der Waals surface area contributed by atoms with Crippen LogP contribution in [0.15, 0.2) is 22.8 Å². The molecule has 0 saturated heterocycles. The molecule has 1 heterocycles. The topological polar surface area (TPSA) is 44.9 Å². The Bertz CT molecular complexity index is 647. The highest BCUT2D eigenvalue weighted by Crippen LogP contribution is 2.28. The highest BCUT2D eigenvalue weighted by atomic mass is 79.9. The van der Waals surface area contributed by atoms with E-state index in [-0.39, 0.29) is 17.8 Å². The molecule has 0 spiro atoms. The van der Waals surface area contributed by atoms with Gasteiger partial charge in [-0.1, -0.05) is 19.3 Å². The third-order valence-electron chi connectivity index (χ3n) is 3.92. The third kappa shape index (κ3) is 2.46. The van der Waals surface area contributed by atoms with E-state index in [1.807, 2.05) is 0 Å². The van der Waals surface area contributed by atoms with Crippen molar-refractivity contribution >= 4 is 32.7 Å². The zero-order chi connectivity index (χ0) is 14.1. The predicted molar refractivity (Wildman–Crippen MR) is 80.3 cm³/mol. The van der Waals surface area contributed by atoms with E-state index in [4.69, 9.17) is 0 Å². The van der Waals surface area contributed by atoms with Gasteiger partial charge in [-0.3, -0.25) is 4.79 Å². The molecule has 1 fully saturated rings. The lowest BCUT2D eigenvalue weighted by Gasteiger charge is -2.23. The number of aromatic amines is 1. The van der Waals surface area contributed by atoms with Crippen molar-refractivity contribution in [3.05, 3.63) is 34.2 Å². The molecule has 3 nitrogen and oxygen atoms in total. The Morgan fingerprint density at radius 2 is 2.10 bits per heavy atom. The molecule has 1 saturated carbocycles. The fourth-order valence-electron chi connectivity index (χ4n) is 2.86. The maximum Gasteiger partial charge on any atom is 0.252 e. The molecule has 1 aliphatic rings. The van der Waals surface area contributed by atoms with E-state index in [1.165, 1.54) is 6.42 Å². The number of carbonyl (C=O) groups is 1. The van der Waals surface area contributed by atoms with Gasteiger partial charge in [0.25, 0.3) is 5.91 Å². The van der Waals surface area contributed by atoms with Gasteiger partial charge in [0.1, 0.15) is 0 Å². The largest absolute Gasteiger partial charge is 0.359 e. The van der Waals surface area contributed by atoms with Crippen LogP contribution in [0.3, 0.4) is 0 Å². The van der Waals surface area contributed by atoms with Crippen LogP contribution in [0, 0.1) is 5.82 Å². The molecule has 0 unspecified atom stereocenters. The van der Waals surface area contributed by atoms with E-state index >= 15 is 0 Å². The Morgan fingerprint density at radius 3 is 2.85 bits per heavy atom. The summed E-state index contributed by atoms with van der Waals surface area (Å²) in [7, 11) is 0. The quantitative estimate of drug-likeness (QED) is 0.849. The number of nitrogens with one attached hydrogen (secondary N) is 2. The number of H-pyrrole nitrogens is 1. The minimum Gasteiger partial charge on any atom is -0.359 e. The van der Waals surface area contributed by atoms with Crippen molar-refractivity contribution in [1.82, 2.24) is 10.3 Å². The van der Waals surface area contributed by atoms with Crippen LogP contribution < -0.4 is 5.32 Å². The van der Waals surface area contributed by atoms with Crippen LogP contribution in [0.5, 0.6) is 0 Å². The second kappa shape index (κ2) is 5.56. The van der Waals surface area contributed by atoms with Gasteiger partial charge in [0.2, 0.25) is 0 Å². The SMILES string of the molecule is O=C(NC1CCCCC1)c1cc(Br)c(F)c2[nH]ccc12. The zero-order valence-electron chi connectivity index (χ0n) is 11.0. The van der Waals surface area contributed by atoms with E-state index in [2.05, 4.69) is 26.2 Å². The molecule has 1 aromatic heterocycles. The van der Waals surface area contributed by atoms with Crippen molar-refractivity contribution in [1.29, 1.82) is 0 Å². The summed E-state index contributed by atoms with van der Waals surface area (Å²) in [6.45, 7) is 0. The second-order valence-electron chi connectivity index (χ2n) is 5.29. The smallest absolute Gasteiger partial charge is 0.252 e. The van der Waals surface area contributed by atoms with E-state index in [1.54, 1.807) is 18.3 Å². The molecule has 0 atom stereocenters. The molecule has 2 N–H and O–H groups in total. The maximum atomic E-state index is 13.9. The predicted octanol–water partition coefficient (Wildman–Crippen LogP) is 4.13. The lowest BCUT2D eigenvalue weighted by atomic mass is 9.95. The number of fused-ring (bicyclic) bond motifs is 1. The number of hydrogen-bond donors (Lipinski definition) is 2. The summed E-state index contributed by atoms with van der Waals surface area (Å²) >= 11 is 3.17. The standard InChI is InChI=1S/C15H16BrFN2O/c16-12-8-11(10-6-7-18-14(10)13(12)17)15(20)19-9-4-2-1-3-5-9/h6-9,18H,1-5H2,(H,19,20). The summed E-state index contributed by atoms with van der Waals surface area (Å²) < 4.78 is 14.2. The monoisotopic (exact) mass is 338 g/mol. The minimum atomic E-state index is -0.362. The van der Waals surface area contributed by atoms with Crippen molar-refractivity contribution < 1.29 is 9.18 Å². The van der Waals surface area contributed by atoms with Crippen LogP contribution in [0.1, 0.15) is 42.5 Å². The molecule has 1 aliphatic carbocycles. The summed E-state index contributed by atoms with van der Waals surface area (Å²) in [6.07, 6.45) is 7.29. The van der Waals surface area contributed by atoms with E-state index in [0.29, 0.717) is 20.9 Å². The molecule has 3 rings (SSSR count). The molecular weight excluding hydrogens is 323 g/mol. The normalized spacial score (nSPS) is 16.5. The Morgan fingerprint density at radius 1 is 1.35 bits per heavy atom. The molecule has 106 valence electrons. The van der Waals surface area contributed by atoms with E-state index in [9.17, 15) is 9.18 Å². The molecule has 1 amide bonds. The van der Waals surface area contributed by atoms with Gasteiger partial charge in [-0.15, -0.1) is 0 Å². The van der Waals surface area contributed by atoms with Gasteiger partial charge < -0.3 is 10.3 Å². The summed E-state index contributed by atoms with van der Waals surface area (Å²) in [5.74, 6) is -0.485. The van der Waals surface area contributed by atoms with Gasteiger partial charge in [-0.05, 0) is 40.9 Å². The first-order valence-electron chi connectivity index (χ1n) is 6.93. The fraction of sp³-hybridized carbons (Fsp3) is 0.400. The van der Waals surface area contributed by atoms with Gasteiger partial charge in [0, 0.05) is 17.6 Å². The Hall–Kier alpha value is -1.36. The van der Waals surface area contributed by atoms with Crippen LogP contribution in [-0.2, 0) is 0 Å². The molecule has 20 heavy (non-hydrogen) atoms. The molecule has 5 heteroatoms. The average molecular weight is 339 g/mol. The van der Waals surface area contributed by atoms with E-state index in [0.717, 1.165) is 25.7 Å². The lowest BCUT2D eigenvalue weighted by molar-refractivity contribution is 0.0929. The Kier molecular flexibility index (Phi) is 3.78. The van der Waals surface area contributed by atoms with Gasteiger partial charge in [-0.25, -0.2) is 4.39 Å². The second-order valence-corrected chi connectivity index (χ2v) is 6.15. The van der Waals surface area contributed by atoms with Crippen LogP contribution in [0.4, 0.5) is 4.39 Å². The van der Waals surface area contributed by atoms with Crippen LogP contribution in [0.2, 0.25) is 0 Å². The first-order chi connectivity index (χ1) is 9.66. The van der Waals surface area contributed by atoms with Crippen molar-refractivity contribution in [2.75, 3.05) is 0 Å². The van der Waals surface area contributed by atoms with Crippen LogP contribution >= 0.6 is 15.9 Å². The summed E-state index contributed by atoms with van der Waals surface area (Å²) in [5.41, 5.74) is 0.883. The number of rotatable bonds is 2. The zero-order valence-corrected chi connectivity index (χ0v) is 12.6.